The number of nitro groups is 1. The first kappa shape index (κ1) is 19.1. The summed E-state index contributed by atoms with van der Waals surface area (Å²) in [6.07, 6.45) is -0.807. The molecule has 0 aliphatic heterocycles. The fraction of sp³-hybridized carbons (Fsp3) is 0.429. The highest BCUT2D eigenvalue weighted by molar-refractivity contribution is 7.92. The van der Waals surface area contributed by atoms with Crippen LogP contribution in [-0.2, 0) is 19.4 Å². The molecule has 0 saturated heterocycles. The van der Waals surface area contributed by atoms with Crippen molar-refractivity contribution in [3.05, 3.63) is 34.4 Å². The molecule has 0 aromatic heterocycles. The van der Waals surface area contributed by atoms with Crippen LogP contribution in [0.4, 0.5) is 5.69 Å². The van der Waals surface area contributed by atoms with Crippen molar-refractivity contribution in [3.63, 3.8) is 0 Å². The lowest BCUT2D eigenvalue weighted by Crippen LogP contribution is -2.46. The van der Waals surface area contributed by atoms with Crippen LogP contribution in [0.2, 0.25) is 0 Å². The van der Waals surface area contributed by atoms with Crippen molar-refractivity contribution in [1.29, 1.82) is 0 Å². The third kappa shape index (κ3) is 3.74. The van der Waals surface area contributed by atoms with E-state index in [2.05, 4.69) is 0 Å². The van der Waals surface area contributed by atoms with Gasteiger partial charge in [0.1, 0.15) is 0 Å². The Balaban J connectivity index is 2.42. The number of nitrogens with zero attached hydrogens (tertiary/aromatic N) is 1. The van der Waals surface area contributed by atoms with E-state index in [1.807, 2.05) is 0 Å². The maximum absolute atomic E-state index is 12.8. The molecule has 0 unspecified atom stereocenters. The molecule has 0 amide bonds. The second-order valence-electron chi connectivity index (χ2n) is 5.71. The Labute approximate surface area is 147 Å². The Kier molecular flexibility index (Phi) is 5.33. The van der Waals surface area contributed by atoms with Crippen molar-refractivity contribution >= 4 is 39.1 Å². The zero-order valence-corrected chi connectivity index (χ0v) is 14.2. The largest absolute Gasteiger partial charge is 0.481 e. The Bertz CT molecular complexity index is 824. The quantitative estimate of drug-likeness (QED) is 0.435. The summed E-state index contributed by atoms with van der Waals surface area (Å²) in [4.78, 5) is 32.3. The van der Waals surface area contributed by atoms with Crippen LogP contribution in [0.1, 0.15) is 12.8 Å². The molecule has 2 N–H and O–H groups in total. The molecule has 2 rings (SSSR count). The number of alkyl halides is 1. The number of carboxylic acids is 2. The lowest BCUT2D eigenvalue weighted by Gasteiger charge is -2.34. The molecule has 1 aliphatic carbocycles. The van der Waals surface area contributed by atoms with Gasteiger partial charge in [-0.3, -0.25) is 19.7 Å². The van der Waals surface area contributed by atoms with Crippen LogP contribution in [0.5, 0.6) is 0 Å². The minimum atomic E-state index is -4.18. The molecule has 9 nitrogen and oxygen atoms in total. The van der Waals surface area contributed by atoms with Crippen molar-refractivity contribution in [2.75, 3.05) is 0 Å². The summed E-state index contributed by atoms with van der Waals surface area (Å²) in [7, 11) is -4.18. The zero-order valence-electron chi connectivity index (χ0n) is 12.6. The summed E-state index contributed by atoms with van der Waals surface area (Å²) in [5, 5.41) is 26.7. The second kappa shape index (κ2) is 6.96. The highest BCUT2D eigenvalue weighted by Crippen LogP contribution is 2.39. The lowest BCUT2D eigenvalue weighted by molar-refractivity contribution is -0.385. The molecule has 1 saturated carbocycles. The van der Waals surface area contributed by atoms with Crippen LogP contribution in [0.3, 0.4) is 0 Å². The van der Waals surface area contributed by atoms with Crippen LogP contribution in [-0.4, -0.2) is 46.1 Å². The number of hydrogen-bond acceptors (Lipinski definition) is 6. The number of rotatable bonds is 5. The Morgan fingerprint density at radius 3 is 2.24 bits per heavy atom. The molecule has 1 aliphatic rings. The van der Waals surface area contributed by atoms with Crippen molar-refractivity contribution in [3.8, 4) is 0 Å². The van der Waals surface area contributed by atoms with Crippen molar-refractivity contribution < 1.29 is 33.1 Å². The molecule has 0 radical (unpaired) electrons. The SMILES string of the molecule is O=C(O)[C@@H]1C[C@@H](S(=O)(=O)c2cccc([N+](=O)[O-])c2)[C@@H](Cl)C[C@H]1C(=O)O. The number of non-ortho nitro benzene ring substituents is 1. The van der Waals surface area contributed by atoms with E-state index in [9.17, 15) is 33.2 Å². The van der Waals surface area contributed by atoms with Gasteiger partial charge in [-0.25, -0.2) is 8.42 Å². The van der Waals surface area contributed by atoms with Crippen LogP contribution >= 0.6 is 11.6 Å². The third-order valence-electron chi connectivity index (χ3n) is 4.24. The summed E-state index contributed by atoms with van der Waals surface area (Å²) >= 11 is 6.06. The van der Waals surface area contributed by atoms with Gasteiger partial charge in [-0.2, -0.15) is 0 Å². The van der Waals surface area contributed by atoms with E-state index < -0.39 is 61.3 Å². The fourth-order valence-corrected chi connectivity index (χ4v) is 5.50. The van der Waals surface area contributed by atoms with Crippen molar-refractivity contribution in [1.82, 2.24) is 0 Å². The van der Waals surface area contributed by atoms with E-state index >= 15 is 0 Å². The van der Waals surface area contributed by atoms with E-state index in [4.69, 9.17) is 16.7 Å². The average Bonchev–Trinajstić information content (AvgIpc) is 2.54. The second-order valence-corrected chi connectivity index (χ2v) is 8.44. The number of hydrogen-bond donors (Lipinski definition) is 2. The van der Waals surface area contributed by atoms with Gasteiger partial charge in [0.05, 0.1) is 32.3 Å². The van der Waals surface area contributed by atoms with Gasteiger partial charge >= 0.3 is 11.9 Å². The predicted octanol–water partition coefficient (Wildman–Crippen LogP) is 1.54. The molecule has 0 spiro atoms. The number of sulfone groups is 1. The molecule has 1 aromatic carbocycles. The van der Waals surface area contributed by atoms with E-state index in [1.165, 1.54) is 6.07 Å². The highest BCUT2D eigenvalue weighted by Gasteiger charge is 2.48. The van der Waals surface area contributed by atoms with Crippen LogP contribution in [0, 0.1) is 22.0 Å². The Morgan fingerprint density at radius 1 is 1.16 bits per heavy atom. The van der Waals surface area contributed by atoms with Crippen molar-refractivity contribution in [2.45, 2.75) is 28.4 Å². The van der Waals surface area contributed by atoms with Crippen molar-refractivity contribution in [2.24, 2.45) is 11.8 Å². The highest BCUT2D eigenvalue weighted by atomic mass is 35.5. The van der Waals surface area contributed by atoms with E-state index in [-0.39, 0.29) is 11.3 Å². The number of benzene rings is 1. The van der Waals surface area contributed by atoms with E-state index in [0.717, 1.165) is 18.2 Å². The minimum Gasteiger partial charge on any atom is -0.481 e. The molecular weight excluding hydrogens is 378 g/mol. The molecule has 0 bridgehead atoms. The summed E-state index contributed by atoms with van der Waals surface area (Å²) in [6, 6.07) is 4.35. The van der Waals surface area contributed by atoms with Gasteiger partial charge in [0.25, 0.3) is 5.69 Å². The topological polar surface area (TPSA) is 152 Å². The van der Waals surface area contributed by atoms with E-state index in [1.54, 1.807) is 0 Å². The summed E-state index contributed by atoms with van der Waals surface area (Å²) in [6.45, 7) is 0. The summed E-state index contributed by atoms with van der Waals surface area (Å²) < 4.78 is 25.5. The molecule has 25 heavy (non-hydrogen) atoms. The average molecular weight is 392 g/mol. The molecular formula is C14H14ClNO8S. The first-order valence-corrected chi connectivity index (χ1v) is 9.12. The third-order valence-corrected chi connectivity index (χ3v) is 7.11. The number of carbonyl (C=O) groups is 2. The first-order chi connectivity index (χ1) is 11.6. The van der Waals surface area contributed by atoms with Gasteiger partial charge in [0.2, 0.25) is 0 Å². The van der Waals surface area contributed by atoms with Crippen LogP contribution in [0.15, 0.2) is 29.2 Å². The number of halogens is 1. The van der Waals surface area contributed by atoms with Gasteiger partial charge in [-0.05, 0) is 18.9 Å². The normalized spacial score (nSPS) is 26.8. The predicted molar refractivity (Wildman–Crippen MR) is 85.2 cm³/mol. The summed E-state index contributed by atoms with van der Waals surface area (Å²) in [5.74, 6) is -5.48. The Morgan fingerprint density at radius 2 is 1.72 bits per heavy atom. The van der Waals surface area contributed by atoms with Gasteiger partial charge < -0.3 is 10.2 Å². The fourth-order valence-electron chi connectivity index (χ4n) is 2.94. The first-order valence-electron chi connectivity index (χ1n) is 7.13. The minimum absolute atomic E-state index is 0.327. The van der Waals surface area contributed by atoms with Gasteiger partial charge in [0.15, 0.2) is 9.84 Å². The van der Waals surface area contributed by atoms with Crippen LogP contribution < -0.4 is 0 Å². The maximum Gasteiger partial charge on any atom is 0.307 e. The molecule has 4 atom stereocenters. The summed E-state index contributed by atoms with van der Waals surface area (Å²) in [5.41, 5.74) is -0.429. The smallest absolute Gasteiger partial charge is 0.307 e. The molecule has 1 fully saturated rings. The molecule has 0 heterocycles. The molecule has 1 aromatic rings. The number of aliphatic carboxylic acids is 2. The van der Waals surface area contributed by atoms with Gasteiger partial charge in [-0.15, -0.1) is 11.6 Å². The van der Waals surface area contributed by atoms with E-state index in [0.29, 0.717) is 0 Å². The van der Waals surface area contributed by atoms with Gasteiger partial charge in [0, 0.05) is 12.1 Å². The number of carboxylic acid groups (broad SMARTS) is 2. The number of nitro benzene ring substituents is 1. The standard InChI is InChI=1S/C14H14ClNO8S/c15-11-5-9(13(17)18)10(14(19)20)6-12(11)25(23,24)8-3-1-2-7(4-8)16(21)22/h1-4,9-12H,5-6H2,(H,17,18)(H,19,20)/t9-,10-,11+,12-/m1/s1. The van der Waals surface area contributed by atoms with Gasteiger partial charge in [-0.1, -0.05) is 6.07 Å². The molecule has 11 heteroatoms. The lowest BCUT2D eigenvalue weighted by atomic mass is 9.79. The monoisotopic (exact) mass is 391 g/mol. The Hall–Kier alpha value is -2.20. The van der Waals surface area contributed by atoms with Crippen LogP contribution in [0.25, 0.3) is 0 Å². The maximum atomic E-state index is 12.8. The zero-order chi connectivity index (χ0) is 18.9. The molecule has 136 valence electrons.